The van der Waals surface area contributed by atoms with Crippen molar-refractivity contribution in [1.82, 2.24) is 39.0 Å². The molecule has 20 nitrogen and oxygen atoms in total. The van der Waals surface area contributed by atoms with Gasteiger partial charge in [-0.1, -0.05) is 0 Å². The van der Waals surface area contributed by atoms with Crippen LogP contribution in [0.2, 0.25) is 0 Å². The van der Waals surface area contributed by atoms with E-state index in [1.54, 1.807) is 0 Å². The van der Waals surface area contributed by atoms with Gasteiger partial charge < -0.3 is 35.1 Å². The average molecular weight is 673 g/mol. The third-order valence-corrected chi connectivity index (χ3v) is 10.1. The van der Waals surface area contributed by atoms with E-state index in [-0.39, 0.29) is 40.4 Å². The molecular weight excluding hydrogens is 647 g/mol. The van der Waals surface area contributed by atoms with Gasteiger partial charge in [0.05, 0.1) is 31.5 Å². The largest absolute Gasteiger partial charge is 0.472 e. The highest BCUT2D eigenvalue weighted by Gasteiger charge is 2.54. The lowest BCUT2D eigenvalue weighted by molar-refractivity contribution is -0.0528. The number of nitrogens with one attached hydrogen (secondary N) is 1. The number of rotatable bonds is 2. The van der Waals surface area contributed by atoms with Crippen LogP contribution in [0.3, 0.4) is 0 Å². The van der Waals surface area contributed by atoms with E-state index in [4.69, 9.17) is 28.8 Å². The minimum atomic E-state index is -5.05. The number of H-pyrrole nitrogens is 1. The molecule has 23 heteroatoms. The third-order valence-electron chi connectivity index (χ3n) is 7.70. The molecule has 3 fully saturated rings. The van der Waals surface area contributed by atoms with Gasteiger partial charge in [0, 0.05) is 0 Å². The van der Waals surface area contributed by atoms with Crippen LogP contribution >= 0.6 is 15.4 Å². The molecule has 0 aromatic carbocycles. The van der Waals surface area contributed by atoms with E-state index in [0.29, 0.717) is 0 Å². The molecule has 0 aliphatic carbocycles. The van der Waals surface area contributed by atoms with Crippen molar-refractivity contribution in [2.24, 2.45) is 0 Å². The molecule has 10 atom stereocenters. The number of aryl methyl sites for hydroxylation is 1. The predicted octanol–water partition coefficient (Wildman–Crippen LogP) is -0.180. The fourth-order valence-corrected chi connectivity index (χ4v) is 7.89. The normalized spacial score (nSPS) is 37.7. The number of nitrogen functional groups attached to an aromatic ring is 1. The van der Waals surface area contributed by atoms with Crippen LogP contribution in [0, 0.1) is 6.92 Å². The minimum absolute atomic E-state index is 0.0186. The van der Waals surface area contributed by atoms with Crippen LogP contribution in [0.25, 0.3) is 22.3 Å². The zero-order valence-corrected chi connectivity index (χ0v) is 24.8. The summed E-state index contributed by atoms with van der Waals surface area (Å²) in [6.45, 7) is 0.634. The van der Waals surface area contributed by atoms with Gasteiger partial charge in [0.25, 0.3) is 5.56 Å². The highest BCUT2D eigenvalue weighted by molar-refractivity contribution is 7.52. The molecule has 3 aliphatic heterocycles. The van der Waals surface area contributed by atoms with Crippen molar-refractivity contribution in [3.8, 4) is 0 Å². The molecule has 0 saturated carbocycles. The quantitative estimate of drug-likeness (QED) is 0.173. The second-order valence-corrected chi connectivity index (χ2v) is 14.0. The Morgan fingerprint density at radius 3 is 2.49 bits per heavy atom. The van der Waals surface area contributed by atoms with Crippen LogP contribution in [0.5, 0.6) is 0 Å². The Balaban J connectivity index is 1.21. The molecule has 7 rings (SSSR count). The van der Waals surface area contributed by atoms with Crippen LogP contribution in [-0.2, 0) is 32.2 Å². The molecule has 3 aliphatic rings. The predicted molar refractivity (Wildman–Crippen MR) is 146 cm³/mol. The molecule has 4 aromatic rings. The molecule has 0 amide bonds. The molecule has 10 unspecified atom stereocenters. The van der Waals surface area contributed by atoms with E-state index in [9.17, 15) is 28.8 Å². The minimum Gasteiger partial charge on any atom is -0.386 e. The molecule has 4 aromatic heterocycles. The van der Waals surface area contributed by atoms with Gasteiger partial charge in [-0.15, -0.1) is 0 Å². The van der Waals surface area contributed by atoms with Gasteiger partial charge in [-0.3, -0.25) is 32.1 Å². The van der Waals surface area contributed by atoms with Crippen LogP contribution in [0.4, 0.5) is 10.2 Å². The fourth-order valence-electron chi connectivity index (χ4n) is 5.64. The summed E-state index contributed by atoms with van der Waals surface area (Å²) in [6.07, 6.45) is -10.3. The first-order chi connectivity index (χ1) is 21.3. The number of anilines is 1. The van der Waals surface area contributed by atoms with E-state index in [2.05, 4.69) is 29.9 Å². The number of aromatic amines is 1. The summed E-state index contributed by atoms with van der Waals surface area (Å²) in [5.74, 6) is 0.264. The van der Waals surface area contributed by atoms with Gasteiger partial charge in [-0.05, 0) is 13.3 Å². The second-order valence-electron chi connectivity index (χ2n) is 10.7. The Bertz CT molecular complexity index is 1940. The molecule has 242 valence electrons. The number of hydrogen-bond donors (Lipinski definition) is 5. The number of alkyl halides is 1. The maximum absolute atomic E-state index is 15.8. The number of fused-ring (bicyclic) bond motifs is 5. The summed E-state index contributed by atoms with van der Waals surface area (Å²) in [4.78, 5) is 56.6. The molecule has 45 heavy (non-hydrogen) atoms. The van der Waals surface area contributed by atoms with Crippen LogP contribution in [0.15, 0.2) is 23.8 Å². The highest BCUT2D eigenvalue weighted by Crippen LogP contribution is 2.54. The van der Waals surface area contributed by atoms with E-state index in [1.165, 1.54) is 28.7 Å². The first-order valence-corrected chi connectivity index (χ1v) is 16.7. The lowest BCUT2D eigenvalue weighted by atomic mass is 10.1. The topological polar surface area (TPSA) is 274 Å². The summed E-state index contributed by atoms with van der Waals surface area (Å²) >= 11 is 0. The zero-order chi connectivity index (χ0) is 31.8. The fraction of sp³-hybridized carbons (Fsp3) is 0.545. The average Bonchev–Trinajstić information content (AvgIpc) is 3.72. The van der Waals surface area contributed by atoms with Crippen molar-refractivity contribution in [2.75, 3.05) is 18.5 Å². The van der Waals surface area contributed by atoms with Crippen molar-refractivity contribution in [3.05, 3.63) is 35.2 Å². The Morgan fingerprint density at radius 1 is 1.00 bits per heavy atom. The highest BCUT2D eigenvalue weighted by atomic mass is 31.2. The number of aliphatic hydroxyl groups is 1. The molecule has 3 saturated heterocycles. The van der Waals surface area contributed by atoms with Gasteiger partial charge in [-0.25, -0.2) is 33.9 Å². The summed E-state index contributed by atoms with van der Waals surface area (Å²) in [7, 11) is -9.72. The summed E-state index contributed by atoms with van der Waals surface area (Å²) < 4.78 is 72.2. The van der Waals surface area contributed by atoms with Gasteiger partial charge in [0.1, 0.15) is 42.1 Å². The number of aromatic nitrogens is 8. The van der Waals surface area contributed by atoms with Gasteiger partial charge in [0.2, 0.25) is 0 Å². The Labute approximate surface area is 250 Å². The van der Waals surface area contributed by atoms with Gasteiger partial charge in [0.15, 0.2) is 41.3 Å². The molecule has 2 bridgehead atoms. The van der Waals surface area contributed by atoms with Crippen molar-refractivity contribution in [3.63, 3.8) is 0 Å². The van der Waals surface area contributed by atoms with E-state index in [1.807, 2.05) is 0 Å². The smallest absolute Gasteiger partial charge is 0.386 e. The third kappa shape index (κ3) is 5.38. The Kier molecular flexibility index (Phi) is 7.40. The summed E-state index contributed by atoms with van der Waals surface area (Å²) in [5.41, 5.74) is 5.52. The number of nitrogens with two attached hydrogens (primary N) is 1. The van der Waals surface area contributed by atoms with E-state index < -0.39 is 82.9 Å². The Hall–Kier alpha value is -3.23. The van der Waals surface area contributed by atoms with Crippen LogP contribution in [0.1, 0.15) is 24.7 Å². The number of ether oxygens (including phenoxy) is 2. The van der Waals surface area contributed by atoms with Crippen molar-refractivity contribution in [1.29, 1.82) is 0 Å². The Morgan fingerprint density at radius 2 is 1.71 bits per heavy atom. The molecule has 6 N–H and O–H groups in total. The number of phosphoric acid groups is 1. The van der Waals surface area contributed by atoms with Gasteiger partial charge in [-0.2, -0.15) is 0 Å². The molecule has 0 spiro atoms. The van der Waals surface area contributed by atoms with Crippen molar-refractivity contribution < 1.29 is 51.5 Å². The molecule has 0 radical (unpaired) electrons. The van der Waals surface area contributed by atoms with Crippen LogP contribution in [-0.4, -0.2) is 103 Å². The monoisotopic (exact) mass is 673 g/mol. The zero-order valence-electron chi connectivity index (χ0n) is 23.1. The first kappa shape index (κ1) is 30.4. The first-order valence-electron chi connectivity index (χ1n) is 13.5. The SMILES string of the molecule is Cc1nc2c(ncn2C2OC3COP(=O)(O)OC4C(CCP(=O)(O)OC2C3F)OC(n2cnc3c(N)ncnc32)C4O)c(=O)[nH]1. The molecular formula is C22H26FN9O11P2. The van der Waals surface area contributed by atoms with Gasteiger partial charge >= 0.3 is 15.4 Å². The number of nitrogens with zero attached hydrogens (tertiary/aromatic N) is 7. The summed E-state index contributed by atoms with van der Waals surface area (Å²) in [5, 5.41) is 11.2. The second kappa shape index (κ2) is 10.9. The van der Waals surface area contributed by atoms with Crippen LogP contribution < -0.4 is 11.3 Å². The van der Waals surface area contributed by atoms with Crippen molar-refractivity contribution in [2.45, 2.75) is 62.5 Å². The maximum Gasteiger partial charge on any atom is 0.472 e. The number of imidazole rings is 2. The van der Waals surface area contributed by atoms with Crippen molar-refractivity contribution >= 4 is 43.6 Å². The number of hydrogen-bond acceptors (Lipinski definition) is 15. The maximum atomic E-state index is 15.8. The number of halogens is 1. The van der Waals surface area contributed by atoms with E-state index in [0.717, 1.165) is 6.33 Å². The number of phosphoric ester groups is 1. The summed E-state index contributed by atoms with van der Waals surface area (Å²) in [6, 6.07) is 0. The van der Waals surface area contributed by atoms with E-state index >= 15 is 4.39 Å². The standard InChI is InChI=1S/C22H26FN9O11P2/c1-8-29-19-13(20(34)30-8)28-7-32(19)22-16-11(23)10(41-22)4-39-45(37,38)43-15-9(2-3-44(35,36)42-16)40-21(14(15)33)31-6-27-12-17(24)25-5-26-18(12)31/h5-7,9-11,14-16,21-22,33H,2-4H2,1H3,(H,35,36)(H,37,38)(H2,24,25,26)(H,29,30,34). The molecule has 7 heterocycles. The number of aliphatic hydroxyl groups excluding tert-OH is 1. The lowest BCUT2D eigenvalue weighted by Gasteiger charge is -2.25. The lowest BCUT2D eigenvalue weighted by Crippen LogP contribution is -2.34.